The van der Waals surface area contributed by atoms with E-state index in [1.807, 2.05) is 0 Å². The Morgan fingerprint density at radius 3 is 2.35 bits per heavy atom. The Morgan fingerprint density at radius 2 is 1.73 bits per heavy atom. The number of methoxy groups -OCH3 is 2. The molecule has 0 saturated heterocycles. The molecule has 2 aromatic carbocycles. The molecule has 1 amide bonds. The maximum Gasteiger partial charge on any atom is 0.328 e. The summed E-state index contributed by atoms with van der Waals surface area (Å²) in [5.41, 5.74) is 0.932. The summed E-state index contributed by atoms with van der Waals surface area (Å²) >= 11 is 0. The quantitative estimate of drug-likeness (QED) is 0.768. The first-order valence-electron chi connectivity index (χ1n) is 7.86. The van der Waals surface area contributed by atoms with Crippen LogP contribution in [-0.2, 0) is 27.2 Å². The molecule has 0 radical (unpaired) electrons. The second-order valence-corrected chi connectivity index (χ2v) is 5.65. The normalized spacial score (nSPS) is 11.5. The highest BCUT2D eigenvalue weighted by Gasteiger charge is 2.22. The van der Waals surface area contributed by atoms with Crippen LogP contribution in [0.1, 0.15) is 11.1 Å². The molecule has 0 spiro atoms. The number of carbonyl (C=O) groups excluding carboxylic acids is 2. The summed E-state index contributed by atoms with van der Waals surface area (Å²) < 4.78 is 36.3. The second-order valence-electron chi connectivity index (χ2n) is 5.65. The molecule has 0 aliphatic carbocycles. The molecule has 0 heterocycles. The van der Waals surface area contributed by atoms with Crippen LogP contribution in [0.15, 0.2) is 42.5 Å². The van der Waals surface area contributed by atoms with E-state index in [1.54, 1.807) is 24.3 Å². The highest BCUT2D eigenvalue weighted by Crippen LogP contribution is 2.15. The van der Waals surface area contributed by atoms with Crippen molar-refractivity contribution in [3.8, 4) is 5.75 Å². The van der Waals surface area contributed by atoms with Gasteiger partial charge in [-0.05, 0) is 35.4 Å². The number of esters is 1. The lowest BCUT2D eigenvalue weighted by Crippen LogP contribution is -2.43. The minimum Gasteiger partial charge on any atom is -0.497 e. The molecule has 2 rings (SSSR count). The molecule has 0 saturated carbocycles. The fourth-order valence-electron chi connectivity index (χ4n) is 2.51. The molecule has 138 valence electrons. The van der Waals surface area contributed by atoms with Gasteiger partial charge in [-0.2, -0.15) is 0 Å². The Labute approximate surface area is 149 Å². The van der Waals surface area contributed by atoms with Crippen molar-refractivity contribution >= 4 is 11.9 Å². The van der Waals surface area contributed by atoms with E-state index < -0.39 is 29.6 Å². The molecule has 2 aromatic rings. The Kier molecular flexibility index (Phi) is 6.66. The molecular weight excluding hydrogens is 344 g/mol. The number of hydrogen-bond acceptors (Lipinski definition) is 4. The number of amides is 1. The fourth-order valence-corrected chi connectivity index (χ4v) is 2.51. The summed E-state index contributed by atoms with van der Waals surface area (Å²) in [5.74, 6) is -2.09. The van der Waals surface area contributed by atoms with Crippen molar-refractivity contribution in [2.45, 2.75) is 18.9 Å². The molecule has 0 aromatic heterocycles. The topological polar surface area (TPSA) is 64.6 Å². The van der Waals surface area contributed by atoms with Crippen LogP contribution in [-0.4, -0.2) is 32.1 Å². The van der Waals surface area contributed by atoms with Crippen LogP contribution in [0, 0.1) is 11.6 Å². The van der Waals surface area contributed by atoms with Gasteiger partial charge in [0.1, 0.15) is 23.4 Å². The summed E-state index contributed by atoms with van der Waals surface area (Å²) in [6.45, 7) is 0. The zero-order chi connectivity index (χ0) is 19.1. The Bertz CT molecular complexity index is 775. The third-order valence-electron chi connectivity index (χ3n) is 3.68. The average molecular weight is 363 g/mol. The maximum absolute atomic E-state index is 13.2. The Morgan fingerprint density at radius 1 is 1.04 bits per heavy atom. The minimum atomic E-state index is -0.932. The molecular formula is C19H19F2NO4. The van der Waals surface area contributed by atoms with E-state index in [9.17, 15) is 18.4 Å². The molecule has 1 N–H and O–H groups in total. The number of hydrogen-bond donors (Lipinski definition) is 1. The first-order chi connectivity index (χ1) is 12.4. The van der Waals surface area contributed by atoms with Gasteiger partial charge in [-0.3, -0.25) is 4.79 Å². The van der Waals surface area contributed by atoms with Crippen LogP contribution in [0.3, 0.4) is 0 Å². The summed E-state index contributed by atoms with van der Waals surface area (Å²) in [4.78, 5) is 24.2. The van der Waals surface area contributed by atoms with E-state index in [1.165, 1.54) is 14.2 Å². The predicted molar refractivity (Wildman–Crippen MR) is 90.7 cm³/mol. The van der Waals surface area contributed by atoms with Gasteiger partial charge in [-0.15, -0.1) is 0 Å². The number of rotatable bonds is 7. The third-order valence-corrected chi connectivity index (χ3v) is 3.68. The van der Waals surface area contributed by atoms with Crippen molar-refractivity contribution < 1.29 is 27.8 Å². The summed E-state index contributed by atoms with van der Waals surface area (Å²) in [6.07, 6.45) is -0.0760. The molecule has 0 aliphatic heterocycles. The SMILES string of the molecule is COC(=O)[C@H](Cc1cccc(OC)c1)NC(=O)Cc1cc(F)cc(F)c1. The van der Waals surface area contributed by atoms with Crippen molar-refractivity contribution in [2.75, 3.05) is 14.2 Å². The first kappa shape index (κ1) is 19.4. The van der Waals surface area contributed by atoms with Crippen molar-refractivity contribution in [3.05, 3.63) is 65.2 Å². The second kappa shape index (κ2) is 8.94. The molecule has 0 bridgehead atoms. The summed E-state index contributed by atoms with van der Waals surface area (Å²) in [6, 6.07) is 8.97. The molecule has 0 unspecified atom stereocenters. The van der Waals surface area contributed by atoms with E-state index in [-0.39, 0.29) is 18.4 Å². The van der Waals surface area contributed by atoms with E-state index in [0.717, 1.165) is 23.8 Å². The molecule has 0 aliphatic rings. The molecule has 5 nitrogen and oxygen atoms in total. The number of nitrogens with one attached hydrogen (secondary N) is 1. The fraction of sp³-hybridized carbons (Fsp3) is 0.263. The highest BCUT2D eigenvalue weighted by molar-refractivity contribution is 5.85. The molecule has 1 atom stereocenters. The van der Waals surface area contributed by atoms with Crippen LogP contribution in [0.25, 0.3) is 0 Å². The average Bonchev–Trinajstić information content (AvgIpc) is 2.59. The molecule has 26 heavy (non-hydrogen) atoms. The largest absolute Gasteiger partial charge is 0.497 e. The monoisotopic (exact) mass is 363 g/mol. The van der Waals surface area contributed by atoms with Crippen LogP contribution in [0.2, 0.25) is 0 Å². The standard InChI is InChI=1S/C19H19F2NO4/c1-25-16-5-3-4-12(8-16)9-17(19(24)26-2)22-18(23)10-13-6-14(20)11-15(21)7-13/h3-8,11,17H,9-10H2,1-2H3,(H,22,23)/t17-/m0/s1. The van der Waals surface area contributed by atoms with Gasteiger partial charge in [0.15, 0.2) is 0 Å². The summed E-state index contributed by atoms with van der Waals surface area (Å²) in [5, 5.41) is 2.54. The lowest BCUT2D eigenvalue weighted by molar-refractivity contribution is -0.145. The van der Waals surface area contributed by atoms with Gasteiger partial charge in [0.25, 0.3) is 0 Å². The van der Waals surface area contributed by atoms with Crippen molar-refractivity contribution in [1.82, 2.24) is 5.32 Å². The van der Waals surface area contributed by atoms with Crippen molar-refractivity contribution in [2.24, 2.45) is 0 Å². The lowest BCUT2D eigenvalue weighted by Gasteiger charge is -2.17. The van der Waals surface area contributed by atoms with Gasteiger partial charge in [0, 0.05) is 12.5 Å². The Hall–Kier alpha value is -2.96. The van der Waals surface area contributed by atoms with E-state index in [0.29, 0.717) is 5.75 Å². The predicted octanol–water partition coefficient (Wildman–Crippen LogP) is 2.42. The van der Waals surface area contributed by atoms with Gasteiger partial charge in [-0.25, -0.2) is 13.6 Å². The Balaban J connectivity index is 2.09. The van der Waals surface area contributed by atoms with E-state index in [2.05, 4.69) is 5.32 Å². The highest BCUT2D eigenvalue weighted by atomic mass is 19.1. The first-order valence-corrected chi connectivity index (χ1v) is 7.86. The van der Waals surface area contributed by atoms with E-state index in [4.69, 9.17) is 9.47 Å². The van der Waals surface area contributed by atoms with Crippen LogP contribution in [0.5, 0.6) is 5.75 Å². The third kappa shape index (κ3) is 5.54. The smallest absolute Gasteiger partial charge is 0.328 e. The van der Waals surface area contributed by atoms with Crippen LogP contribution in [0.4, 0.5) is 8.78 Å². The maximum atomic E-state index is 13.2. The number of halogens is 2. The molecule has 7 heteroatoms. The van der Waals surface area contributed by atoms with Gasteiger partial charge in [0.2, 0.25) is 5.91 Å². The lowest BCUT2D eigenvalue weighted by atomic mass is 10.0. The van der Waals surface area contributed by atoms with Crippen LogP contribution < -0.4 is 10.1 Å². The number of ether oxygens (including phenoxy) is 2. The number of benzene rings is 2. The summed E-state index contributed by atoms with van der Waals surface area (Å²) in [7, 11) is 2.74. The molecule has 0 fully saturated rings. The van der Waals surface area contributed by atoms with Crippen molar-refractivity contribution in [1.29, 1.82) is 0 Å². The zero-order valence-corrected chi connectivity index (χ0v) is 14.4. The van der Waals surface area contributed by atoms with E-state index >= 15 is 0 Å². The minimum absolute atomic E-state index is 0.171. The van der Waals surface area contributed by atoms with Crippen molar-refractivity contribution in [3.63, 3.8) is 0 Å². The van der Waals surface area contributed by atoms with Gasteiger partial charge in [-0.1, -0.05) is 12.1 Å². The number of carbonyl (C=O) groups is 2. The van der Waals surface area contributed by atoms with Crippen LogP contribution >= 0.6 is 0 Å². The van der Waals surface area contributed by atoms with Gasteiger partial charge >= 0.3 is 5.97 Å². The zero-order valence-electron chi connectivity index (χ0n) is 14.4. The van der Waals surface area contributed by atoms with Gasteiger partial charge < -0.3 is 14.8 Å². The van der Waals surface area contributed by atoms with Gasteiger partial charge in [0.05, 0.1) is 20.6 Å².